The Labute approximate surface area is 209 Å². The molecule has 6 nitrogen and oxygen atoms in total. The van der Waals surface area contributed by atoms with Gasteiger partial charge in [0.25, 0.3) is 5.56 Å². The molecule has 2 N–H and O–H groups in total. The van der Waals surface area contributed by atoms with Crippen molar-refractivity contribution in [2.24, 2.45) is 0 Å². The maximum absolute atomic E-state index is 12.9. The van der Waals surface area contributed by atoms with Gasteiger partial charge in [0.15, 0.2) is 5.69 Å². The summed E-state index contributed by atoms with van der Waals surface area (Å²) in [6.07, 6.45) is 5.27. The van der Waals surface area contributed by atoms with Gasteiger partial charge in [0, 0.05) is 17.9 Å². The van der Waals surface area contributed by atoms with E-state index in [1.54, 1.807) is 30.3 Å². The molecule has 4 aromatic rings. The lowest BCUT2D eigenvalue weighted by molar-refractivity contribution is 0.0689. The summed E-state index contributed by atoms with van der Waals surface area (Å²) in [5, 5.41) is 12.3. The van der Waals surface area contributed by atoms with E-state index in [1.807, 2.05) is 12.1 Å². The van der Waals surface area contributed by atoms with Gasteiger partial charge in [-0.2, -0.15) is 0 Å². The molecule has 0 aliphatic carbocycles. The molecule has 0 radical (unpaired) electrons. The van der Waals surface area contributed by atoms with Crippen molar-refractivity contribution in [2.75, 3.05) is 11.4 Å². The number of rotatable bonds is 5. The van der Waals surface area contributed by atoms with Crippen LogP contribution in [0.3, 0.4) is 0 Å². The molecule has 180 valence electrons. The Morgan fingerprint density at radius 1 is 0.972 bits per heavy atom. The van der Waals surface area contributed by atoms with E-state index in [0.717, 1.165) is 24.9 Å². The maximum atomic E-state index is 12.9. The van der Waals surface area contributed by atoms with Crippen molar-refractivity contribution >= 4 is 29.5 Å². The SMILES string of the molecule is Cc1cc(C)cc(N2CCCc3cc(C=C=Cc4c(C(=O)O)[nH]n(-c5ccccc5)c4=O)ccc32)c1. The fourth-order valence-corrected chi connectivity index (χ4v) is 4.81. The molecule has 0 atom stereocenters. The number of aromatic carboxylic acids is 1. The Bertz CT molecular complexity index is 1550. The van der Waals surface area contributed by atoms with Gasteiger partial charge in [0.1, 0.15) is 0 Å². The third kappa shape index (κ3) is 4.54. The summed E-state index contributed by atoms with van der Waals surface area (Å²) in [7, 11) is 0. The molecule has 0 fully saturated rings. The van der Waals surface area contributed by atoms with E-state index >= 15 is 0 Å². The number of aryl methyl sites for hydroxylation is 3. The largest absolute Gasteiger partial charge is 0.477 e. The molecule has 3 aromatic carbocycles. The Morgan fingerprint density at radius 3 is 2.44 bits per heavy atom. The van der Waals surface area contributed by atoms with Crippen LogP contribution in [0.25, 0.3) is 17.8 Å². The minimum Gasteiger partial charge on any atom is -0.477 e. The molecule has 1 aliphatic rings. The molecule has 0 saturated heterocycles. The first-order chi connectivity index (χ1) is 17.4. The lowest BCUT2D eigenvalue weighted by Gasteiger charge is -2.32. The summed E-state index contributed by atoms with van der Waals surface area (Å²) in [6, 6.07) is 21.8. The van der Waals surface area contributed by atoms with Gasteiger partial charge in [0.05, 0.1) is 11.3 Å². The van der Waals surface area contributed by atoms with Gasteiger partial charge in [0.2, 0.25) is 0 Å². The second-order valence-corrected chi connectivity index (χ2v) is 9.13. The molecule has 0 amide bonds. The van der Waals surface area contributed by atoms with Crippen LogP contribution in [0.5, 0.6) is 0 Å². The molecule has 0 bridgehead atoms. The van der Waals surface area contributed by atoms with Crippen molar-refractivity contribution in [1.29, 1.82) is 0 Å². The predicted octanol–water partition coefficient (Wildman–Crippen LogP) is 5.89. The number of aromatic nitrogens is 2. The van der Waals surface area contributed by atoms with Crippen molar-refractivity contribution in [1.82, 2.24) is 9.78 Å². The Balaban J connectivity index is 1.47. The summed E-state index contributed by atoms with van der Waals surface area (Å²) in [5.41, 5.74) is 10.2. The number of carboxylic acid groups (broad SMARTS) is 1. The molecule has 0 spiro atoms. The lowest BCUT2D eigenvalue weighted by Crippen LogP contribution is -2.24. The Hall–Kier alpha value is -4.54. The van der Waals surface area contributed by atoms with Crippen molar-refractivity contribution in [3.63, 3.8) is 0 Å². The van der Waals surface area contributed by atoms with E-state index in [9.17, 15) is 14.7 Å². The van der Waals surface area contributed by atoms with Crippen LogP contribution >= 0.6 is 0 Å². The Morgan fingerprint density at radius 2 is 1.72 bits per heavy atom. The number of hydrogen-bond acceptors (Lipinski definition) is 3. The molecule has 2 heterocycles. The number of hydrogen-bond donors (Lipinski definition) is 2. The summed E-state index contributed by atoms with van der Waals surface area (Å²) in [4.78, 5) is 27.0. The van der Waals surface area contributed by atoms with Gasteiger partial charge in [-0.1, -0.05) is 30.3 Å². The molecular weight excluding hydrogens is 450 g/mol. The van der Waals surface area contributed by atoms with E-state index in [4.69, 9.17) is 0 Å². The van der Waals surface area contributed by atoms with E-state index in [0.29, 0.717) is 5.69 Å². The fraction of sp³-hybridized carbons (Fsp3) is 0.167. The monoisotopic (exact) mass is 477 g/mol. The average molecular weight is 478 g/mol. The van der Waals surface area contributed by atoms with Gasteiger partial charge >= 0.3 is 5.97 Å². The van der Waals surface area contributed by atoms with Crippen LogP contribution in [0.4, 0.5) is 11.4 Å². The van der Waals surface area contributed by atoms with Crippen molar-refractivity contribution in [3.8, 4) is 5.69 Å². The van der Waals surface area contributed by atoms with Crippen LogP contribution in [-0.2, 0) is 6.42 Å². The normalized spacial score (nSPS) is 12.6. The second kappa shape index (κ2) is 9.61. The van der Waals surface area contributed by atoms with E-state index < -0.39 is 11.5 Å². The van der Waals surface area contributed by atoms with Crippen molar-refractivity contribution < 1.29 is 9.90 Å². The van der Waals surface area contributed by atoms with E-state index in [-0.39, 0.29) is 11.3 Å². The third-order valence-corrected chi connectivity index (χ3v) is 6.37. The number of nitrogens with zero attached hydrogens (tertiary/aromatic N) is 2. The number of para-hydroxylation sites is 1. The minimum atomic E-state index is -1.20. The maximum Gasteiger partial charge on any atom is 0.354 e. The number of aromatic amines is 1. The third-order valence-electron chi connectivity index (χ3n) is 6.37. The molecule has 1 aliphatic heterocycles. The van der Waals surface area contributed by atoms with Crippen molar-refractivity contribution in [3.05, 3.63) is 116 Å². The first-order valence-corrected chi connectivity index (χ1v) is 12.0. The van der Waals surface area contributed by atoms with Crippen LogP contribution in [0.2, 0.25) is 0 Å². The van der Waals surface area contributed by atoms with Crippen LogP contribution < -0.4 is 10.5 Å². The number of anilines is 2. The highest BCUT2D eigenvalue weighted by Gasteiger charge is 2.20. The van der Waals surface area contributed by atoms with Crippen LogP contribution in [0, 0.1) is 13.8 Å². The quantitative estimate of drug-likeness (QED) is 0.351. The summed E-state index contributed by atoms with van der Waals surface area (Å²) in [6.45, 7) is 5.22. The van der Waals surface area contributed by atoms with E-state index in [1.165, 1.54) is 38.8 Å². The predicted molar refractivity (Wildman–Crippen MR) is 143 cm³/mol. The molecule has 1 aromatic heterocycles. The van der Waals surface area contributed by atoms with Gasteiger partial charge in [-0.3, -0.25) is 9.89 Å². The van der Waals surface area contributed by atoms with Crippen LogP contribution in [0.1, 0.15) is 44.7 Å². The smallest absolute Gasteiger partial charge is 0.354 e. The molecule has 0 unspecified atom stereocenters. The molecular formula is C30H27N3O3. The molecule has 36 heavy (non-hydrogen) atoms. The summed E-state index contributed by atoms with van der Waals surface area (Å²) in [5.74, 6) is -1.20. The number of carboxylic acids is 1. The lowest BCUT2D eigenvalue weighted by atomic mass is 9.98. The standard InChI is InChI=1S/C30H27N3O3/c1-20-16-21(2)18-25(17-20)32-15-7-9-23-19-22(13-14-27(23)32)8-6-12-26-28(30(35)36)31-33(29(26)34)24-10-4-3-5-11-24/h3-5,8,10-14,16-19,31H,7,9,15H2,1-2H3,(H,35,36). The number of carbonyl (C=O) groups is 1. The summed E-state index contributed by atoms with van der Waals surface area (Å²) >= 11 is 0. The first kappa shape index (κ1) is 23.2. The average Bonchev–Trinajstić information content (AvgIpc) is 3.20. The molecule has 5 rings (SSSR count). The molecule has 0 saturated carbocycles. The fourth-order valence-electron chi connectivity index (χ4n) is 4.81. The highest BCUT2D eigenvalue weighted by atomic mass is 16.4. The van der Waals surface area contributed by atoms with E-state index in [2.05, 4.69) is 59.9 Å². The van der Waals surface area contributed by atoms with Crippen LogP contribution in [-0.4, -0.2) is 27.4 Å². The van der Waals surface area contributed by atoms with Gasteiger partial charge in [-0.15, -0.1) is 5.73 Å². The second-order valence-electron chi connectivity index (χ2n) is 9.13. The number of H-pyrrole nitrogens is 1. The Kier molecular flexibility index (Phi) is 6.19. The minimum absolute atomic E-state index is 0.0570. The highest BCUT2D eigenvalue weighted by molar-refractivity contribution is 5.90. The molecule has 6 heteroatoms. The topological polar surface area (TPSA) is 78.3 Å². The van der Waals surface area contributed by atoms with Crippen molar-refractivity contribution in [2.45, 2.75) is 26.7 Å². The number of benzene rings is 3. The summed E-state index contributed by atoms with van der Waals surface area (Å²) < 4.78 is 1.23. The first-order valence-electron chi connectivity index (χ1n) is 12.0. The van der Waals surface area contributed by atoms with Crippen LogP contribution in [0.15, 0.2) is 77.3 Å². The number of nitrogens with one attached hydrogen (secondary N) is 1. The van der Waals surface area contributed by atoms with Gasteiger partial charge < -0.3 is 10.0 Å². The zero-order valence-electron chi connectivity index (χ0n) is 20.3. The number of fused-ring (bicyclic) bond motifs is 1. The zero-order valence-corrected chi connectivity index (χ0v) is 20.3. The zero-order chi connectivity index (χ0) is 25.2. The van der Waals surface area contributed by atoms with Gasteiger partial charge in [-0.05, 0) is 97.5 Å². The van der Waals surface area contributed by atoms with Gasteiger partial charge in [-0.25, -0.2) is 9.48 Å². The highest BCUT2D eigenvalue weighted by Crippen LogP contribution is 2.35.